The largest absolute Gasteiger partial charge is 0.493 e. The number of carboxylic acids is 1. The van der Waals surface area contributed by atoms with Crippen molar-refractivity contribution in [1.82, 2.24) is 15.0 Å². The molecule has 2 aromatic heterocycles. The zero-order valence-electron chi connectivity index (χ0n) is 8.95. The summed E-state index contributed by atoms with van der Waals surface area (Å²) in [6, 6.07) is 5.17. The molecule has 2 N–H and O–H groups in total. The van der Waals surface area contributed by atoms with Gasteiger partial charge in [0.15, 0.2) is 5.82 Å². The summed E-state index contributed by atoms with van der Waals surface area (Å²) in [5.41, 5.74) is 0.387. The minimum absolute atomic E-state index is 0.200. The number of aromatic hydroxyl groups is 1. The number of hydrogen-bond acceptors (Lipinski definition) is 5. The van der Waals surface area contributed by atoms with Gasteiger partial charge in [0.1, 0.15) is 11.3 Å². The zero-order chi connectivity index (χ0) is 12.4. The van der Waals surface area contributed by atoms with E-state index in [4.69, 9.17) is 5.11 Å². The number of pyridine rings is 1. The van der Waals surface area contributed by atoms with Crippen LogP contribution in [0.3, 0.4) is 0 Å². The quantitative estimate of drug-likeness (QED) is 0.807. The number of rotatable bonds is 2. The van der Waals surface area contributed by atoms with Crippen LogP contribution < -0.4 is 0 Å². The highest BCUT2D eigenvalue weighted by molar-refractivity contribution is 5.91. The van der Waals surface area contributed by atoms with Gasteiger partial charge in [-0.3, -0.25) is 4.98 Å². The fraction of sp³-hybridized carbons (Fsp3) is 0.0909. The van der Waals surface area contributed by atoms with Gasteiger partial charge < -0.3 is 10.2 Å². The summed E-state index contributed by atoms with van der Waals surface area (Å²) in [6.07, 6.45) is 1.57. The molecule has 0 saturated carbocycles. The van der Waals surface area contributed by atoms with E-state index in [1.54, 1.807) is 24.4 Å². The molecule has 17 heavy (non-hydrogen) atoms. The molecule has 0 aromatic carbocycles. The van der Waals surface area contributed by atoms with Crippen molar-refractivity contribution in [2.24, 2.45) is 0 Å². The Morgan fingerprint density at radius 2 is 2.06 bits per heavy atom. The molecule has 0 amide bonds. The van der Waals surface area contributed by atoms with Gasteiger partial charge in [0.25, 0.3) is 0 Å². The summed E-state index contributed by atoms with van der Waals surface area (Å²) < 4.78 is 0. The number of nitrogens with zero attached hydrogens (tertiary/aromatic N) is 3. The lowest BCUT2D eigenvalue weighted by molar-refractivity contribution is 0.0691. The molecule has 6 heteroatoms. The highest BCUT2D eigenvalue weighted by Crippen LogP contribution is 2.21. The van der Waals surface area contributed by atoms with Crippen molar-refractivity contribution in [3.05, 3.63) is 35.7 Å². The minimum atomic E-state index is -1.26. The number of carboxylic acid groups (broad SMARTS) is 1. The van der Waals surface area contributed by atoms with Gasteiger partial charge in [0, 0.05) is 6.20 Å². The second kappa shape index (κ2) is 4.17. The molecule has 6 nitrogen and oxygen atoms in total. The van der Waals surface area contributed by atoms with Crippen molar-refractivity contribution < 1.29 is 15.0 Å². The van der Waals surface area contributed by atoms with E-state index in [1.165, 1.54) is 6.92 Å². The van der Waals surface area contributed by atoms with Crippen LogP contribution >= 0.6 is 0 Å². The monoisotopic (exact) mass is 231 g/mol. The lowest BCUT2D eigenvalue weighted by Gasteiger charge is -2.05. The van der Waals surface area contributed by atoms with Crippen LogP contribution in [0.25, 0.3) is 11.5 Å². The maximum absolute atomic E-state index is 10.8. The standard InChI is InChI=1S/C11H9N3O3/c1-6-8(11(16)17)10(15)14-9(13-6)7-4-2-3-5-12-7/h2-5H,1H3,(H,16,17)(H,13,14,15). The molecule has 0 spiro atoms. The smallest absolute Gasteiger partial charge is 0.343 e. The normalized spacial score (nSPS) is 10.2. The maximum atomic E-state index is 10.8. The SMILES string of the molecule is Cc1nc(-c2ccccn2)nc(O)c1C(=O)O. The van der Waals surface area contributed by atoms with Crippen molar-refractivity contribution in [2.45, 2.75) is 6.92 Å². The molecule has 0 bridgehead atoms. The van der Waals surface area contributed by atoms with E-state index in [-0.39, 0.29) is 17.1 Å². The van der Waals surface area contributed by atoms with E-state index in [2.05, 4.69) is 15.0 Å². The van der Waals surface area contributed by atoms with Gasteiger partial charge in [-0.1, -0.05) is 6.07 Å². The molecular weight excluding hydrogens is 222 g/mol. The Morgan fingerprint density at radius 3 is 2.59 bits per heavy atom. The van der Waals surface area contributed by atoms with Gasteiger partial charge in [-0.25, -0.2) is 9.78 Å². The maximum Gasteiger partial charge on any atom is 0.343 e. The summed E-state index contributed by atoms with van der Waals surface area (Å²) in [6.45, 7) is 1.50. The number of aromatic nitrogens is 3. The van der Waals surface area contributed by atoms with Gasteiger partial charge in [0.2, 0.25) is 5.88 Å². The first-order valence-corrected chi connectivity index (χ1v) is 4.82. The average molecular weight is 231 g/mol. The van der Waals surface area contributed by atoms with Crippen molar-refractivity contribution >= 4 is 5.97 Å². The third kappa shape index (κ3) is 2.05. The lowest BCUT2D eigenvalue weighted by atomic mass is 10.2. The van der Waals surface area contributed by atoms with Gasteiger partial charge >= 0.3 is 5.97 Å². The Balaban J connectivity index is 2.57. The summed E-state index contributed by atoms with van der Waals surface area (Å²) in [5.74, 6) is -1.61. The highest BCUT2D eigenvalue weighted by atomic mass is 16.4. The number of carbonyl (C=O) groups is 1. The molecule has 0 saturated heterocycles. The van der Waals surface area contributed by atoms with Gasteiger partial charge in [0.05, 0.1) is 5.69 Å². The topological polar surface area (TPSA) is 96.2 Å². The van der Waals surface area contributed by atoms with Crippen LogP contribution in [0.15, 0.2) is 24.4 Å². The van der Waals surface area contributed by atoms with Crippen LogP contribution in [0.4, 0.5) is 0 Å². The number of aromatic carboxylic acids is 1. The van der Waals surface area contributed by atoms with Gasteiger partial charge in [-0.15, -0.1) is 0 Å². The zero-order valence-corrected chi connectivity index (χ0v) is 8.95. The van der Waals surface area contributed by atoms with Crippen LogP contribution in [0.5, 0.6) is 5.88 Å². The molecule has 0 aliphatic rings. The first-order chi connectivity index (χ1) is 8.09. The van der Waals surface area contributed by atoms with Crippen LogP contribution in [-0.2, 0) is 0 Å². The molecule has 2 aromatic rings. The molecule has 2 heterocycles. The Bertz CT molecular complexity index is 546. The second-order valence-electron chi connectivity index (χ2n) is 3.35. The van der Waals surface area contributed by atoms with E-state index < -0.39 is 11.8 Å². The van der Waals surface area contributed by atoms with Gasteiger partial charge in [-0.2, -0.15) is 4.98 Å². The summed E-state index contributed by atoms with van der Waals surface area (Å²) in [4.78, 5) is 22.6. The Morgan fingerprint density at radius 1 is 1.29 bits per heavy atom. The van der Waals surface area contributed by atoms with E-state index in [0.717, 1.165) is 0 Å². The first-order valence-electron chi connectivity index (χ1n) is 4.82. The summed E-state index contributed by atoms with van der Waals surface area (Å²) in [7, 11) is 0. The van der Waals surface area contributed by atoms with E-state index >= 15 is 0 Å². The average Bonchev–Trinajstić information content (AvgIpc) is 2.28. The summed E-state index contributed by atoms with van der Waals surface area (Å²) >= 11 is 0. The van der Waals surface area contributed by atoms with Crippen LogP contribution in [0.2, 0.25) is 0 Å². The number of aryl methyl sites for hydroxylation is 1. The molecule has 86 valence electrons. The van der Waals surface area contributed by atoms with Crippen molar-refractivity contribution in [3.63, 3.8) is 0 Å². The molecule has 0 unspecified atom stereocenters. The fourth-order valence-corrected chi connectivity index (χ4v) is 1.42. The minimum Gasteiger partial charge on any atom is -0.493 e. The molecule has 2 rings (SSSR count). The fourth-order valence-electron chi connectivity index (χ4n) is 1.42. The highest BCUT2D eigenvalue weighted by Gasteiger charge is 2.18. The van der Waals surface area contributed by atoms with E-state index in [9.17, 15) is 9.90 Å². The van der Waals surface area contributed by atoms with Crippen molar-refractivity contribution in [3.8, 4) is 17.4 Å². The molecule has 0 aliphatic carbocycles. The van der Waals surface area contributed by atoms with Crippen LogP contribution in [-0.4, -0.2) is 31.1 Å². The van der Waals surface area contributed by atoms with Crippen molar-refractivity contribution in [1.29, 1.82) is 0 Å². The Kier molecular flexibility index (Phi) is 2.70. The molecule has 0 aliphatic heterocycles. The van der Waals surface area contributed by atoms with E-state index in [1.807, 2.05) is 0 Å². The third-order valence-corrected chi connectivity index (χ3v) is 2.18. The second-order valence-corrected chi connectivity index (χ2v) is 3.35. The molecule has 0 radical (unpaired) electrons. The Hall–Kier alpha value is -2.50. The molecular formula is C11H9N3O3. The first kappa shape index (κ1) is 11.0. The summed E-state index contributed by atoms with van der Waals surface area (Å²) in [5, 5.41) is 18.4. The molecule has 0 fully saturated rings. The van der Waals surface area contributed by atoms with Gasteiger partial charge in [-0.05, 0) is 19.1 Å². The predicted octanol–water partition coefficient (Wildman–Crippen LogP) is 1.25. The Labute approximate surface area is 96.6 Å². The van der Waals surface area contributed by atoms with Crippen molar-refractivity contribution in [2.75, 3.05) is 0 Å². The third-order valence-electron chi connectivity index (χ3n) is 2.18. The lowest BCUT2D eigenvalue weighted by Crippen LogP contribution is -2.05. The van der Waals surface area contributed by atoms with E-state index in [0.29, 0.717) is 5.69 Å². The number of hydrogen-bond donors (Lipinski definition) is 2. The van der Waals surface area contributed by atoms with Crippen LogP contribution in [0, 0.1) is 6.92 Å². The predicted molar refractivity (Wildman–Crippen MR) is 58.6 cm³/mol. The van der Waals surface area contributed by atoms with Crippen LogP contribution in [0.1, 0.15) is 16.1 Å². The molecule has 0 atom stereocenters.